The van der Waals surface area contributed by atoms with Gasteiger partial charge in [0.15, 0.2) is 0 Å². The molecule has 0 aliphatic carbocycles. The molecular formula is C52H93NO7P+. The zero-order valence-corrected chi connectivity index (χ0v) is 40.8. The van der Waals surface area contributed by atoms with Gasteiger partial charge in [-0.1, -0.05) is 170 Å². The third kappa shape index (κ3) is 48.6. The van der Waals surface area contributed by atoms with Crippen LogP contribution in [0.1, 0.15) is 181 Å². The fourth-order valence-electron chi connectivity index (χ4n) is 6.20. The summed E-state index contributed by atoms with van der Waals surface area (Å²) in [5.41, 5.74) is 0. The van der Waals surface area contributed by atoms with Gasteiger partial charge in [-0.3, -0.25) is 13.8 Å². The minimum atomic E-state index is -4.29. The zero-order chi connectivity index (χ0) is 44.8. The highest BCUT2D eigenvalue weighted by Crippen LogP contribution is 2.43. The first-order valence-corrected chi connectivity index (χ1v) is 25.8. The summed E-state index contributed by atoms with van der Waals surface area (Å²) < 4.78 is 35.1. The minimum Gasteiger partial charge on any atom is -0.457 e. The molecule has 2 unspecified atom stereocenters. The average molecular weight is 875 g/mol. The maximum absolute atomic E-state index is 12.7. The van der Waals surface area contributed by atoms with Crippen molar-refractivity contribution in [1.29, 1.82) is 0 Å². The Kier molecular flexibility index (Phi) is 42.6. The Balaban J connectivity index is 4.27. The standard InChI is InChI=1S/C52H92NO7P/c1-6-8-10-12-14-16-18-20-22-24-25-26-27-28-29-30-31-33-35-37-39-41-43-45-52(54)60-51(50-59-61(55,56)58-48-46-53(3,4)5)49-57-47-44-42-40-38-36-34-32-23-21-19-17-15-13-11-9-7-2/h8,10,14,16,20-23,25-26,28-29,31,33,51H,6-7,9,11-13,15,17-19,24,27,30,32,34-50H2,1-5H3/p+1/b10-8-,16-14-,22-20-,23-21-,26-25-,29-28-,33-31-. The Hall–Kier alpha value is -2.32. The molecule has 0 heterocycles. The molecule has 8 nitrogen and oxygen atoms in total. The summed E-state index contributed by atoms with van der Waals surface area (Å²) in [6.45, 7) is 5.44. The van der Waals surface area contributed by atoms with Crippen LogP contribution in [-0.4, -0.2) is 75.6 Å². The topological polar surface area (TPSA) is 91.3 Å². The number of nitrogens with zero attached hydrogens (tertiary/aromatic N) is 1. The number of quaternary nitrogens is 1. The molecule has 0 aliphatic heterocycles. The van der Waals surface area contributed by atoms with Gasteiger partial charge in [-0.25, -0.2) is 4.57 Å². The van der Waals surface area contributed by atoms with Gasteiger partial charge in [0, 0.05) is 13.0 Å². The van der Waals surface area contributed by atoms with Crippen molar-refractivity contribution in [1.82, 2.24) is 0 Å². The van der Waals surface area contributed by atoms with Gasteiger partial charge < -0.3 is 18.9 Å². The van der Waals surface area contributed by atoms with Crippen LogP contribution >= 0.6 is 7.82 Å². The van der Waals surface area contributed by atoms with E-state index in [-0.39, 0.29) is 25.8 Å². The Morgan fingerprint density at radius 2 is 0.951 bits per heavy atom. The highest BCUT2D eigenvalue weighted by Gasteiger charge is 2.26. The second kappa shape index (κ2) is 44.3. The lowest BCUT2D eigenvalue weighted by molar-refractivity contribution is -0.870. The first-order valence-electron chi connectivity index (χ1n) is 24.3. The number of rotatable bonds is 44. The predicted octanol–water partition coefficient (Wildman–Crippen LogP) is 14.8. The molecule has 0 saturated carbocycles. The minimum absolute atomic E-state index is 0.0777. The predicted molar refractivity (Wildman–Crippen MR) is 261 cm³/mol. The highest BCUT2D eigenvalue weighted by molar-refractivity contribution is 7.47. The van der Waals surface area contributed by atoms with Gasteiger partial charge >= 0.3 is 13.8 Å². The quantitative estimate of drug-likeness (QED) is 0.0214. The molecule has 61 heavy (non-hydrogen) atoms. The second-order valence-electron chi connectivity index (χ2n) is 17.1. The third-order valence-corrected chi connectivity index (χ3v) is 10.9. The van der Waals surface area contributed by atoms with Crippen molar-refractivity contribution in [2.45, 2.75) is 187 Å². The normalized spacial score (nSPS) is 14.4. The van der Waals surface area contributed by atoms with E-state index in [9.17, 15) is 14.3 Å². The molecule has 0 aromatic rings. The van der Waals surface area contributed by atoms with E-state index in [1.807, 2.05) is 21.1 Å². The van der Waals surface area contributed by atoms with Crippen molar-refractivity contribution < 1.29 is 37.3 Å². The molecule has 0 bridgehead atoms. The van der Waals surface area contributed by atoms with Crippen LogP contribution in [0.5, 0.6) is 0 Å². The molecule has 0 aromatic heterocycles. The van der Waals surface area contributed by atoms with Crippen LogP contribution < -0.4 is 0 Å². The molecule has 0 aromatic carbocycles. The van der Waals surface area contributed by atoms with Gasteiger partial charge in [-0.2, -0.15) is 0 Å². The lowest BCUT2D eigenvalue weighted by Crippen LogP contribution is -2.37. The Bertz CT molecular complexity index is 1250. The summed E-state index contributed by atoms with van der Waals surface area (Å²) in [7, 11) is 1.63. The van der Waals surface area contributed by atoms with Crippen LogP contribution in [-0.2, 0) is 27.9 Å². The lowest BCUT2D eigenvalue weighted by Gasteiger charge is -2.24. The largest absolute Gasteiger partial charge is 0.472 e. The van der Waals surface area contributed by atoms with E-state index in [2.05, 4.69) is 98.9 Å². The van der Waals surface area contributed by atoms with E-state index in [1.54, 1.807) is 0 Å². The summed E-state index contributed by atoms with van der Waals surface area (Å²) in [6.07, 6.45) is 59.1. The number of hydrogen-bond donors (Lipinski definition) is 1. The molecule has 9 heteroatoms. The number of carbonyl (C=O) groups is 1. The SMILES string of the molecule is CC/C=C\C/C=C\C/C=C\C/C=C\C/C=C\C/C=C\CCCCCCC(=O)OC(COCCCCCCCC/C=C\CCCCCCCC)COP(=O)(O)OCC[N+](C)(C)C. The van der Waals surface area contributed by atoms with Crippen LogP contribution in [0, 0.1) is 0 Å². The first kappa shape index (κ1) is 58.7. The molecule has 0 rings (SSSR count). The van der Waals surface area contributed by atoms with E-state index in [1.165, 1.54) is 77.0 Å². The fourth-order valence-corrected chi connectivity index (χ4v) is 6.94. The van der Waals surface area contributed by atoms with Gasteiger partial charge in [-0.05, 0) is 89.9 Å². The van der Waals surface area contributed by atoms with Crippen molar-refractivity contribution in [3.05, 3.63) is 85.1 Å². The summed E-state index contributed by atoms with van der Waals surface area (Å²) in [6, 6.07) is 0. The Labute approximate surface area is 375 Å². The average Bonchev–Trinajstić information content (AvgIpc) is 3.22. The fraction of sp³-hybridized carbons (Fsp3) is 0.712. The monoisotopic (exact) mass is 875 g/mol. The first-order chi connectivity index (χ1) is 29.6. The number of likely N-dealkylation sites (N-methyl/N-ethyl adjacent to an activating group) is 1. The number of unbranched alkanes of at least 4 members (excludes halogenated alkanes) is 16. The maximum Gasteiger partial charge on any atom is 0.472 e. The van der Waals surface area contributed by atoms with Crippen molar-refractivity contribution in [3.63, 3.8) is 0 Å². The zero-order valence-electron chi connectivity index (χ0n) is 39.9. The number of allylic oxidation sites excluding steroid dienone is 14. The molecule has 1 N–H and O–H groups in total. The van der Waals surface area contributed by atoms with Crippen LogP contribution in [0.2, 0.25) is 0 Å². The van der Waals surface area contributed by atoms with E-state index >= 15 is 0 Å². The van der Waals surface area contributed by atoms with Crippen molar-refractivity contribution in [2.24, 2.45) is 0 Å². The number of carbonyl (C=O) groups excluding carboxylic acids is 1. The highest BCUT2D eigenvalue weighted by atomic mass is 31.2. The molecule has 0 fully saturated rings. The van der Waals surface area contributed by atoms with E-state index < -0.39 is 13.9 Å². The van der Waals surface area contributed by atoms with Crippen molar-refractivity contribution in [3.8, 4) is 0 Å². The van der Waals surface area contributed by atoms with Crippen LogP contribution in [0.25, 0.3) is 0 Å². The van der Waals surface area contributed by atoms with Crippen LogP contribution in [0.3, 0.4) is 0 Å². The van der Waals surface area contributed by atoms with E-state index in [4.69, 9.17) is 18.5 Å². The molecule has 0 amide bonds. The molecule has 0 saturated heterocycles. The van der Waals surface area contributed by atoms with Gasteiger partial charge in [0.05, 0.1) is 34.4 Å². The van der Waals surface area contributed by atoms with E-state index in [0.29, 0.717) is 24.1 Å². The lowest BCUT2D eigenvalue weighted by atomic mass is 10.1. The van der Waals surface area contributed by atoms with Gasteiger partial charge in [-0.15, -0.1) is 0 Å². The van der Waals surface area contributed by atoms with Crippen molar-refractivity contribution >= 4 is 13.8 Å². The number of esters is 1. The summed E-state index contributed by atoms with van der Waals surface area (Å²) in [5.74, 6) is -0.342. The van der Waals surface area contributed by atoms with Crippen LogP contribution in [0.15, 0.2) is 85.1 Å². The van der Waals surface area contributed by atoms with Gasteiger partial charge in [0.2, 0.25) is 0 Å². The molecular weight excluding hydrogens is 782 g/mol. The number of phosphoric ester groups is 1. The molecule has 0 aliphatic rings. The summed E-state index contributed by atoms with van der Waals surface area (Å²) in [5, 5.41) is 0. The van der Waals surface area contributed by atoms with Gasteiger partial charge in [0.25, 0.3) is 0 Å². The third-order valence-electron chi connectivity index (χ3n) is 9.94. The van der Waals surface area contributed by atoms with E-state index in [0.717, 1.165) is 83.5 Å². The van der Waals surface area contributed by atoms with Gasteiger partial charge in [0.1, 0.15) is 19.3 Å². The summed E-state index contributed by atoms with van der Waals surface area (Å²) >= 11 is 0. The Morgan fingerprint density at radius 1 is 0.525 bits per heavy atom. The molecule has 0 radical (unpaired) electrons. The summed E-state index contributed by atoms with van der Waals surface area (Å²) in [4.78, 5) is 23.0. The molecule has 0 spiro atoms. The second-order valence-corrected chi connectivity index (χ2v) is 18.6. The maximum atomic E-state index is 12.7. The number of hydrogen-bond acceptors (Lipinski definition) is 6. The molecule has 2 atom stereocenters. The Morgan fingerprint density at radius 3 is 1.44 bits per heavy atom. The van der Waals surface area contributed by atoms with Crippen molar-refractivity contribution in [2.75, 3.05) is 54.1 Å². The number of ether oxygens (including phenoxy) is 2. The smallest absolute Gasteiger partial charge is 0.457 e. The van der Waals surface area contributed by atoms with Crippen LogP contribution in [0.4, 0.5) is 0 Å². The number of phosphoric acid groups is 1. The molecule has 352 valence electrons.